The summed E-state index contributed by atoms with van der Waals surface area (Å²) in [6.45, 7) is 10.3. The highest BCUT2D eigenvalue weighted by Crippen LogP contribution is 2.21. The van der Waals surface area contributed by atoms with E-state index in [2.05, 4.69) is 30.9 Å². The van der Waals surface area contributed by atoms with E-state index in [9.17, 15) is 4.79 Å². The second kappa shape index (κ2) is 3.72. The zero-order valence-electron chi connectivity index (χ0n) is 11.1. The fourth-order valence-electron chi connectivity index (χ4n) is 1.99. The van der Waals surface area contributed by atoms with Crippen molar-refractivity contribution in [2.75, 3.05) is 0 Å². The normalized spacial score (nSPS) is 12.3. The molecular formula is C13H19N3O. The first-order valence-electron chi connectivity index (χ1n) is 5.96. The predicted molar refractivity (Wildman–Crippen MR) is 68.6 cm³/mol. The number of nitrogens with one attached hydrogen (secondary N) is 1. The number of aryl methyl sites for hydroxylation is 1. The van der Waals surface area contributed by atoms with Gasteiger partial charge in [0.05, 0.1) is 5.69 Å². The summed E-state index contributed by atoms with van der Waals surface area (Å²) in [4.78, 5) is 14.7. The van der Waals surface area contributed by atoms with Gasteiger partial charge in [-0.1, -0.05) is 27.7 Å². The highest BCUT2D eigenvalue weighted by atomic mass is 16.1. The minimum absolute atomic E-state index is 0.00198. The number of rotatable bonds is 1. The van der Waals surface area contributed by atoms with E-state index in [0.717, 1.165) is 29.0 Å². The first-order valence-corrected chi connectivity index (χ1v) is 5.96. The zero-order valence-corrected chi connectivity index (χ0v) is 11.1. The Balaban J connectivity index is 2.79. The molecule has 0 unspecified atom stereocenters. The number of fused-ring (bicyclic) bond motifs is 1. The number of nitrogens with zero attached hydrogens (tertiary/aromatic N) is 2. The molecule has 0 bridgehead atoms. The molecule has 2 aromatic rings. The van der Waals surface area contributed by atoms with Gasteiger partial charge in [0.1, 0.15) is 5.65 Å². The van der Waals surface area contributed by atoms with Crippen LogP contribution >= 0.6 is 0 Å². The molecule has 17 heavy (non-hydrogen) atoms. The number of aromatic nitrogens is 3. The lowest BCUT2D eigenvalue weighted by Gasteiger charge is -2.13. The van der Waals surface area contributed by atoms with Gasteiger partial charge >= 0.3 is 0 Å². The van der Waals surface area contributed by atoms with Gasteiger partial charge in [-0.2, -0.15) is 5.10 Å². The fourth-order valence-corrected chi connectivity index (χ4v) is 1.99. The van der Waals surface area contributed by atoms with Crippen LogP contribution in [0.3, 0.4) is 0 Å². The van der Waals surface area contributed by atoms with Crippen molar-refractivity contribution < 1.29 is 0 Å². The number of hydrogen-bond acceptors (Lipinski definition) is 2. The monoisotopic (exact) mass is 233 g/mol. The van der Waals surface area contributed by atoms with E-state index in [0.29, 0.717) is 0 Å². The van der Waals surface area contributed by atoms with Crippen LogP contribution in [0.1, 0.15) is 44.6 Å². The maximum Gasteiger partial charge on any atom is 0.254 e. The molecule has 0 spiro atoms. The molecule has 0 amide bonds. The van der Waals surface area contributed by atoms with Crippen LogP contribution < -0.4 is 5.56 Å². The predicted octanol–water partition coefficient (Wildman–Crippen LogP) is 2.19. The molecule has 0 atom stereocenters. The van der Waals surface area contributed by atoms with Crippen molar-refractivity contribution in [2.45, 2.75) is 46.5 Å². The third-order valence-corrected chi connectivity index (χ3v) is 3.10. The molecule has 0 radical (unpaired) electrons. The Hall–Kier alpha value is -1.58. The lowest BCUT2D eigenvalue weighted by atomic mass is 9.93. The van der Waals surface area contributed by atoms with Crippen LogP contribution in [-0.4, -0.2) is 14.6 Å². The van der Waals surface area contributed by atoms with Crippen LogP contribution in [0.15, 0.2) is 10.9 Å². The van der Waals surface area contributed by atoms with E-state index in [-0.39, 0.29) is 11.0 Å². The van der Waals surface area contributed by atoms with Crippen LogP contribution in [0.25, 0.3) is 5.65 Å². The lowest BCUT2D eigenvalue weighted by molar-refractivity contribution is 0.561. The van der Waals surface area contributed by atoms with Gasteiger partial charge in [-0.05, 0) is 13.3 Å². The zero-order chi connectivity index (χ0) is 12.8. The third-order valence-electron chi connectivity index (χ3n) is 3.10. The van der Waals surface area contributed by atoms with Gasteiger partial charge in [-0.15, -0.1) is 0 Å². The number of H-pyrrole nitrogens is 1. The second-order valence-electron chi connectivity index (χ2n) is 5.45. The van der Waals surface area contributed by atoms with Gasteiger partial charge in [0.25, 0.3) is 5.56 Å². The fraction of sp³-hybridized carbons (Fsp3) is 0.538. The van der Waals surface area contributed by atoms with E-state index in [1.807, 2.05) is 24.4 Å². The summed E-state index contributed by atoms with van der Waals surface area (Å²) < 4.78 is 1.83. The standard InChI is InChI=1S/C13H19N3O/c1-6-9-8(2)16-11(14-12(9)17)7-10(15-16)13(3,4)5/h7H,6H2,1-5H3,(H,14,17). The van der Waals surface area contributed by atoms with Crippen molar-refractivity contribution in [3.05, 3.63) is 33.4 Å². The van der Waals surface area contributed by atoms with Crippen LogP contribution in [0.2, 0.25) is 0 Å². The average Bonchev–Trinajstić information content (AvgIpc) is 2.61. The van der Waals surface area contributed by atoms with E-state index in [4.69, 9.17) is 0 Å². The number of aromatic amines is 1. The molecule has 0 aliphatic rings. The van der Waals surface area contributed by atoms with Gasteiger partial charge in [0.15, 0.2) is 0 Å². The highest BCUT2D eigenvalue weighted by molar-refractivity contribution is 5.43. The Morgan fingerprint density at radius 2 is 2.06 bits per heavy atom. The SMILES string of the molecule is CCc1c(C)n2nc(C(C)(C)C)cc2[nH]c1=O. The summed E-state index contributed by atoms with van der Waals surface area (Å²) in [5.41, 5.74) is 3.49. The molecule has 2 heterocycles. The summed E-state index contributed by atoms with van der Waals surface area (Å²) in [5.74, 6) is 0. The molecule has 0 aliphatic carbocycles. The maximum absolute atomic E-state index is 11.8. The molecule has 0 saturated heterocycles. The molecule has 0 aliphatic heterocycles. The molecule has 4 heteroatoms. The van der Waals surface area contributed by atoms with E-state index < -0.39 is 0 Å². The maximum atomic E-state index is 11.8. The summed E-state index contributed by atoms with van der Waals surface area (Å²) >= 11 is 0. The number of hydrogen-bond donors (Lipinski definition) is 1. The Bertz CT molecular complexity index is 614. The molecule has 2 aromatic heterocycles. The molecule has 2 rings (SSSR count). The molecule has 1 N–H and O–H groups in total. The first-order chi connectivity index (χ1) is 7.84. The Morgan fingerprint density at radius 3 is 2.59 bits per heavy atom. The summed E-state index contributed by atoms with van der Waals surface area (Å²) in [7, 11) is 0. The first kappa shape index (κ1) is 11.9. The van der Waals surface area contributed by atoms with Crippen molar-refractivity contribution in [2.24, 2.45) is 0 Å². The molecule has 0 fully saturated rings. The summed E-state index contributed by atoms with van der Waals surface area (Å²) in [6, 6.07) is 1.95. The third kappa shape index (κ3) is 1.88. The molecule has 0 saturated carbocycles. The van der Waals surface area contributed by atoms with Crippen molar-refractivity contribution in [1.29, 1.82) is 0 Å². The van der Waals surface area contributed by atoms with Crippen molar-refractivity contribution in [3.8, 4) is 0 Å². The van der Waals surface area contributed by atoms with Crippen LogP contribution in [0.5, 0.6) is 0 Å². The molecule has 0 aromatic carbocycles. The largest absolute Gasteiger partial charge is 0.307 e. The van der Waals surface area contributed by atoms with Crippen molar-refractivity contribution in [3.63, 3.8) is 0 Å². The molecule has 92 valence electrons. The highest BCUT2D eigenvalue weighted by Gasteiger charge is 2.19. The topological polar surface area (TPSA) is 50.2 Å². The molecule has 4 nitrogen and oxygen atoms in total. The quantitative estimate of drug-likeness (QED) is 0.820. The minimum atomic E-state index is -0.0122. The van der Waals surface area contributed by atoms with Gasteiger partial charge in [0.2, 0.25) is 0 Å². The van der Waals surface area contributed by atoms with Crippen LogP contribution in [0.4, 0.5) is 0 Å². The molecular weight excluding hydrogens is 214 g/mol. The van der Waals surface area contributed by atoms with Gasteiger partial charge in [0, 0.05) is 22.7 Å². The minimum Gasteiger partial charge on any atom is -0.307 e. The smallest absolute Gasteiger partial charge is 0.254 e. The lowest BCUT2D eigenvalue weighted by Crippen LogP contribution is -2.17. The van der Waals surface area contributed by atoms with E-state index in [1.165, 1.54) is 0 Å². The van der Waals surface area contributed by atoms with Gasteiger partial charge in [-0.25, -0.2) is 4.52 Å². The summed E-state index contributed by atoms with van der Waals surface area (Å²) in [5, 5.41) is 4.58. The van der Waals surface area contributed by atoms with Crippen molar-refractivity contribution in [1.82, 2.24) is 14.6 Å². The van der Waals surface area contributed by atoms with Crippen molar-refractivity contribution >= 4 is 5.65 Å². The van der Waals surface area contributed by atoms with Crippen LogP contribution in [0, 0.1) is 6.92 Å². The Kier molecular flexibility index (Phi) is 2.60. The average molecular weight is 233 g/mol. The summed E-state index contributed by atoms with van der Waals surface area (Å²) in [6.07, 6.45) is 0.724. The van der Waals surface area contributed by atoms with Gasteiger partial charge < -0.3 is 4.98 Å². The Labute approximate surface area is 101 Å². The van der Waals surface area contributed by atoms with E-state index in [1.54, 1.807) is 0 Å². The van der Waals surface area contributed by atoms with E-state index >= 15 is 0 Å². The Morgan fingerprint density at radius 1 is 1.41 bits per heavy atom. The second-order valence-corrected chi connectivity index (χ2v) is 5.45. The van der Waals surface area contributed by atoms with Crippen LogP contribution in [-0.2, 0) is 11.8 Å². The van der Waals surface area contributed by atoms with Gasteiger partial charge in [-0.3, -0.25) is 4.79 Å².